The first-order valence-corrected chi connectivity index (χ1v) is 7.38. The molecule has 120 valence electrons. The van der Waals surface area contributed by atoms with E-state index < -0.39 is 0 Å². The molecule has 1 heterocycles. The number of hydrogen-bond donors (Lipinski definition) is 1. The summed E-state index contributed by atoms with van der Waals surface area (Å²) < 4.78 is 15.7. The molecule has 1 aromatic heterocycles. The summed E-state index contributed by atoms with van der Waals surface area (Å²) in [6.45, 7) is 4.62. The summed E-state index contributed by atoms with van der Waals surface area (Å²) in [6.07, 6.45) is 0.793. The van der Waals surface area contributed by atoms with Gasteiger partial charge in [0.2, 0.25) is 5.89 Å². The molecular weight excluding hydrogens is 306 g/mol. The fraction of sp³-hybridized carbons (Fsp3) is 0.467. The van der Waals surface area contributed by atoms with Gasteiger partial charge in [0.1, 0.15) is 11.5 Å². The van der Waals surface area contributed by atoms with Crippen molar-refractivity contribution in [1.82, 2.24) is 10.1 Å². The largest absolute Gasteiger partial charge is 0.495 e. The smallest absolute Gasteiger partial charge is 0.245 e. The standard InChI is InChI=1S/C15H20ClN3O3/c1-9(2)5-14-18-15(22-19-14)8-17-11-7-12(20-3)10(16)6-13(11)21-4/h6-7,9,17H,5,8H2,1-4H3. The average Bonchev–Trinajstić information content (AvgIpc) is 2.92. The van der Waals surface area contributed by atoms with Crippen molar-refractivity contribution in [2.45, 2.75) is 26.8 Å². The van der Waals surface area contributed by atoms with E-state index in [0.29, 0.717) is 40.7 Å². The number of nitrogens with zero attached hydrogens (tertiary/aromatic N) is 2. The summed E-state index contributed by atoms with van der Waals surface area (Å²) in [4.78, 5) is 4.34. The molecule has 6 nitrogen and oxygen atoms in total. The molecule has 0 radical (unpaired) electrons. The predicted octanol–water partition coefficient (Wildman–Crippen LogP) is 3.55. The minimum atomic E-state index is 0.395. The van der Waals surface area contributed by atoms with Crippen LogP contribution < -0.4 is 14.8 Å². The van der Waals surface area contributed by atoms with Crippen LogP contribution in [0, 0.1) is 5.92 Å². The Hall–Kier alpha value is -1.95. The predicted molar refractivity (Wildman–Crippen MR) is 84.7 cm³/mol. The highest BCUT2D eigenvalue weighted by molar-refractivity contribution is 6.32. The van der Waals surface area contributed by atoms with Gasteiger partial charge in [0, 0.05) is 18.6 Å². The Balaban J connectivity index is 2.09. The Labute approximate surface area is 134 Å². The van der Waals surface area contributed by atoms with E-state index >= 15 is 0 Å². The third-order valence-corrected chi connectivity index (χ3v) is 3.30. The lowest BCUT2D eigenvalue weighted by atomic mass is 10.1. The number of benzene rings is 1. The molecule has 2 rings (SSSR count). The second-order valence-electron chi connectivity index (χ2n) is 5.24. The molecule has 1 aromatic carbocycles. The van der Waals surface area contributed by atoms with Crippen LogP contribution in [0.1, 0.15) is 25.6 Å². The highest BCUT2D eigenvalue weighted by Gasteiger charge is 2.12. The van der Waals surface area contributed by atoms with Crippen molar-refractivity contribution in [3.8, 4) is 11.5 Å². The number of ether oxygens (including phenoxy) is 2. The number of halogens is 1. The molecule has 22 heavy (non-hydrogen) atoms. The van der Waals surface area contributed by atoms with Crippen LogP contribution in [-0.4, -0.2) is 24.4 Å². The normalized spacial score (nSPS) is 10.8. The fourth-order valence-electron chi connectivity index (χ4n) is 1.98. The zero-order valence-electron chi connectivity index (χ0n) is 13.1. The maximum atomic E-state index is 6.08. The number of aromatic nitrogens is 2. The highest BCUT2D eigenvalue weighted by atomic mass is 35.5. The van der Waals surface area contributed by atoms with Crippen LogP contribution in [0.4, 0.5) is 5.69 Å². The quantitative estimate of drug-likeness (QED) is 0.839. The molecule has 0 fully saturated rings. The first-order valence-electron chi connectivity index (χ1n) is 7.00. The third-order valence-electron chi connectivity index (χ3n) is 3.00. The van der Waals surface area contributed by atoms with Crippen molar-refractivity contribution < 1.29 is 14.0 Å². The molecule has 0 aliphatic heterocycles. The van der Waals surface area contributed by atoms with Gasteiger partial charge in [0.05, 0.1) is 31.5 Å². The van der Waals surface area contributed by atoms with Crippen LogP contribution in [0.3, 0.4) is 0 Å². The molecule has 0 aliphatic rings. The maximum absolute atomic E-state index is 6.08. The number of hydrogen-bond acceptors (Lipinski definition) is 6. The molecule has 7 heteroatoms. The molecule has 0 unspecified atom stereocenters. The number of nitrogens with one attached hydrogen (secondary N) is 1. The molecule has 0 aliphatic carbocycles. The first-order chi connectivity index (χ1) is 10.5. The maximum Gasteiger partial charge on any atom is 0.245 e. The van der Waals surface area contributed by atoms with Gasteiger partial charge in [-0.15, -0.1) is 0 Å². The van der Waals surface area contributed by atoms with E-state index in [4.69, 9.17) is 25.6 Å². The van der Waals surface area contributed by atoms with Crippen molar-refractivity contribution in [3.63, 3.8) is 0 Å². The Bertz CT molecular complexity index is 628. The minimum Gasteiger partial charge on any atom is -0.495 e. The number of anilines is 1. The lowest BCUT2D eigenvalue weighted by Crippen LogP contribution is -2.03. The second-order valence-corrected chi connectivity index (χ2v) is 5.65. The van der Waals surface area contributed by atoms with Crippen LogP contribution in [0.5, 0.6) is 11.5 Å². The summed E-state index contributed by atoms with van der Waals surface area (Å²) in [6, 6.07) is 3.47. The SMILES string of the molecule is COc1cc(NCc2nc(CC(C)C)no2)c(OC)cc1Cl. The average molecular weight is 326 g/mol. The van der Waals surface area contributed by atoms with Gasteiger partial charge in [0.15, 0.2) is 5.82 Å². The van der Waals surface area contributed by atoms with Gasteiger partial charge in [-0.25, -0.2) is 0 Å². The van der Waals surface area contributed by atoms with Gasteiger partial charge in [-0.05, 0) is 5.92 Å². The van der Waals surface area contributed by atoms with Crippen LogP contribution in [-0.2, 0) is 13.0 Å². The van der Waals surface area contributed by atoms with E-state index in [1.807, 2.05) is 0 Å². The number of methoxy groups -OCH3 is 2. The highest BCUT2D eigenvalue weighted by Crippen LogP contribution is 2.35. The lowest BCUT2D eigenvalue weighted by molar-refractivity contribution is 0.374. The Morgan fingerprint density at radius 1 is 1.23 bits per heavy atom. The monoisotopic (exact) mass is 325 g/mol. The van der Waals surface area contributed by atoms with E-state index in [1.165, 1.54) is 0 Å². The molecule has 0 saturated carbocycles. The van der Waals surface area contributed by atoms with Crippen LogP contribution in [0.2, 0.25) is 5.02 Å². The zero-order chi connectivity index (χ0) is 16.1. The van der Waals surface area contributed by atoms with Gasteiger partial charge in [0.25, 0.3) is 0 Å². The van der Waals surface area contributed by atoms with E-state index in [1.54, 1.807) is 26.4 Å². The first kappa shape index (κ1) is 16.4. The minimum absolute atomic E-state index is 0.395. The topological polar surface area (TPSA) is 69.4 Å². The third kappa shape index (κ3) is 4.04. The van der Waals surface area contributed by atoms with E-state index in [0.717, 1.165) is 12.1 Å². The second kappa shape index (κ2) is 7.35. The van der Waals surface area contributed by atoms with Gasteiger partial charge in [-0.2, -0.15) is 4.98 Å². The molecule has 2 aromatic rings. The molecular formula is C15H20ClN3O3. The lowest BCUT2D eigenvalue weighted by Gasteiger charge is -2.12. The summed E-state index contributed by atoms with van der Waals surface area (Å²) in [5.74, 6) is 2.90. The Kier molecular flexibility index (Phi) is 5.49. The van der Waals surface area contributed by atoms with Crippen molar-refractivity contribution in [2.24, 2.45) is 5.92 Å². The molecule has 1 N–H and O–H groups in total. The van der Waals surface area contributed by atoms with Crippen LogP contribution >= 0.6 is 11.6 Å². The molecule has 0 atom stereocenters. The number of rotatable bonds is 7. The fourth-order valence-corrected chi connectivity index (χ4v) is 2.21. The van der Waals surface area contributed by atoms with Gasteiger partial charge in [-0.3, -0.25) is 0 Å². The van der Waals surface area contributed by atoms with Crippen molar-refractivity contribution in [2.75, 3.05) is 19.5 Å². The summed E-state index contributed by atoms with van der Waals surface area (Å²) >= 11 is 6.08. The van der Waals surface area contributed by atoms with Gasteiger partial charge >= 0.3 is 0 Å². The molecule has 0 bridgehead atoms. The van der Waals surface area contributed by atoms with Crippen molar-refractivity contribution in [1.29, 1.82) is 0 Å². The molecule has 0 saturated heterocycles. The Morgan fingerprint density at radius 2 is 1.95 bits per heavy atom. The summed E-state index contributed by atoms with van der Waals surface area (Å²) in [5, 5.41) is 7.63. The van der Waals surface area contributed by atoms with E-state index in [9.17, 15) is 0 Å². The van der Waals surface area contributed by atoms with Gasteiger partial charge in [-0.1, -0.05) is 30.6 Å². The van der Waals surface area contributed by atoms with Crippen LogP contribution in [0.15, 0.2) is 16.7 Å². The van der Waals surface area contributed by atoms with E-state index in [-0.39, 0.29) is 0 Å². The van der Waals surface area contributed by atoms with Gasteiger partial charge < -0.3 is 19.3 Å². The van der Waals surface area contributed by atoms with Crippen molar-refractivity contribution >= 4 is 17.3 Å². The summed E-state index contributed by atoms with van der Waals surface area (Å²) in [5.41, 5.74) is 0.743. The molecule has 0 spiro atoms. The summed E-state index contributed by atoms with van der Waals surface area (Å²) in [7, 11) is 3.14. The Morgan fingerprint density at radius 3 is 2.59 bits per heavy atom. The zero-order valence-corrected chi connectivity index (χ0v) is 13.9. The van der Waals surface area contributed by atoms with E-state index in [2.05, 4.69) is 29.3 Å². The van der Waals surface area contributed by atoms with Crippen molar-refractivity contribution in [3.05, 3.63) is 28.9 Å². The molecule has 0 amide bonds. The van der Waals surface area contributed by atoms with Crippen LogP contribution in [0.25, 0.3) is 0 Å².